The molecule has 0 fully saturated rings. The van der Waals surface area contributed by atoms with E-state index in [9.17, 15) is 0 Å². The summed E-state index contributed by atoms with van der Waals surface area (Å²) in [6, 6.07) is 68.3. The molecular weight excluding hydrogens is 683 g/mol. The quantitative estimate of drug-likeness (QED) is 0.172. The lowest BCUT2D eigenvalue weighted by atomic mass is 10.0. The van der Waals surface area contributed by atoms with Crippen LogP contribution < -0.4 is 0 Å². The molecular formula is C51H33N5. The lowest BCUT2D eigenvalue weighted by Gasteiger charge is -2.11. The Bertz CT molecular complexity index is 3160. The van der Waals surface area contributed by atoms with E-state index in [0.29, 0.717) is 5.82 Å². The van der Waals surface area contributed by atoms with E-state index in [1.807, 2.05) is 48.7 Å². The van der Waals surface area contributed by atoms with Crippen LogP contribution in [-0.2, 0) is 0 Å². The van der Waals surface area contributed by atoms with Gasteiger partial charge in [-0.1, -0.05) is 127 Å². The topological polar surface area (TPSA) is 48.5 Å². The van der Waals surface area contributed by atoms with E-state index in [2.05, 4.69) is 161 Å². The highest BCUT2D eigenvalue weighted by Gasteiger charge is 2.17. The Labute approximate surface area is 323 Å². The van der Waals surface area contributed by atoms with E-state index in [4.69, 9.17) is 15.0 Å². The summed E-state index contributed by atoms with van der Waals surface area (Å²) >= 11 is 0. The van der Waals surface area contributed by atoms with Crippen molar-refractivity contribution in [2.24, 2.45) is 0 Å². The number of hydrogen-bond acceptors (Lipinski definition) is 3. The monoisotopic (exact) mass is 715 g/mol. The first kappa shape index (κ1) is 31.9. The van der Waals surface area contributed by atoms with Crippen LogP contribution in [0, 0.1) is 0 Å². The van der Waals surface area contributed by atoms with Crippen molar-refractivity contribution in [1.82, 2.24) is 24.1 Å². The molecule has 5 heteroatoms. The number of hydrogen-bond donors (Lipinski definition) is 0. The third kappa shape index (κ3) is 5.29. The molecule has 7 aromatic carbocycles. The van der Waals surface area contributed by atoms with Crippen LogP contribution in [0.3, 0.4) is 0 Å². The van der Waals surface area contributed by atoms with E-state index in [1.165, 1.54) is 27.4 Å². The van der Waals surface area contributed by atoms with Gasteiger partial charge in [-0.25, -0.2) is 15.0 Å². The highest BCUT2D eigenvalue weighted by atomic mass is 15.0. The summed E-state index contributed by atoms with van der Waals surface area (Å²) in [5.41, 5.74) is 13.8. The van der Waals surface area contributed by atoms with Crippen LogP contribution in [0.4, 0.5) is 0 Å². The fourth-order valence-corrected chi connectivity index (χ4v) is 8.14. The zero-order valence-electron chi connectivity index (χ0n) is 30.3. The number of para-hydroxylation sites is 2. The second-order valence-electron chi connectivity index (χ2n) is 14.1. The molecule has 0 unspecified atom stereocenters. The van der Waals surface area contributed by atoms with Crippen LogP contribution in [0.5, 0.6) is 0 Å². The lowest BCUT2D eigenvalue weighted by Crippen LogP contribution is -1.97. The van der Waals surface area contributed by atoms with Gasteiger partial charge in [0, 0.05) is 55.8 Å². The Morgan fingerprint density at radius 2 is 0.875 bits per heavy atom. The minimum atomic E-state index is 0.703. The molecule has 0 saturated heterocycles. The Morgan fingerprint density at radius 1 is 0.321 bits per heavy atom. The third-order valence-electron chi connectivity index (χ3n) is 10.8. The smallest absolute Gasteiger partial charge is 0.160 e. The van der Waals surface area contributed by atoms with Gasteiger partial charge in [0.05, 0.1) is 27.9 Å². The number of pyridine rings is 1. The molecule has 5 nitrogen and oxygen atoms in total. The Balaban J connectivity index is 1.02. The average Bonchev–Trinajstić information content (AvgIpc) is 3.79. The summed E-state index contributed by atoms with van der Waals surface area (Å²) in [6.45, 7) is 0. The Hall–Kier alpha value is -7.63. The normalized spacial score (nSPS) is 11.6. The summed E-state index contributed by atoms with van der Waals surface area (Å²) in [4.78, 5) is 14.9. The summed E-state index contributed by atoms with van der Waals surface area (Å²) < 4.78 is 4.64. The van der Waals surface area contributed by atoms with Gasteiger partial charge in [-0.05, 0) is 77.9 Å². The highest BCUT2D eigenvalue weighted by molar-refractivity contribution is 6.12. The zero-order valence-corrected chi connectivity index (χ0v) is 30.3. The highest BCUT2D eigenvalue weighted by Crippen LogP contribution is 2.38. The fraction of sp³-hybridized carbons (Fsp3) is 0. The molecule has 0 spiro atoms. The van der Waals surface area contributed by atoms with Crippen molar-refractivity contribution in [3.8, 4) is 56.4 Å². The second kappa shape index (κ2) is 13.0. The molecule has 0 atom stereocenters. The van der Waals surface area contributed by atoms with Crippen molar-refractivity contribution in [1.29, 1.82) is 0 Å². The summed E-state index contributed by atoms with van der Waals surface area (Å²) in [7, 11) is 0. The predicted octanol–water partition coefficient (Wildman–Crippen LogP) is 12.7. The van der Waals surface area contributed by atoms with Crippen molar-refractivity contribution in [2.75, 3.05) is 0 Å². The van der Waals surface area contributed by atoms with Crippen molar-refractivity contribution < 1.29 is 0 Å². The summed E-state index contributed by atoms with van der Waals surface area (Å²) in [6.07, 6.45) is 1.88. The largest absolute Gasteiger partial charge is 0.309 e. The Kier molecular flexibility index (Phi) is 7.42. The van der Waals surface area contributed by atoms with Crippen LogP contribution in [0.2, 0.25) is 0 Å². The number of aromatic nitrogens is 5. The van der Waals surface area contributed by atoms with Gasteiger partial charge in [-0.2, -0.15) is 0 Å². The molecule has 0 bridgehead atoms. The van der Waals surface area contributed by atoms with Crippen LogP contribution in [0.15, 0.2) is 200 Å². The number of fused-ring (bicyclic) bond motifs is 6. The molecule has 0 aliphatic heterocycles. The molecule has 4 heterocycles. The van der Waals surface area contributed by atoms with Crippen LogP contribution in [-0.4, -0.2) is 24.1 Å². The van der Waals surface area contributed by atoms with Crippen molar-refractivity contribution in [3.63, 3.8) is 0 Å². The van der Waals surface area contributed by atoms with Crippen LogP contribution in [0.25, 0.3) is 100 Å². The summed E-state index contributed by atoms with van der Waals surface area (Å²) in [5, 5.41) is 4.77. The molecule has 11 rings (SSSR count). The maximum Gasteiger partial charge on any atom is 0.160 e. The van der Waals surface area contributed by atoms with E-state index in [-0.39, 0.29) is 0 Å². The average molecular weight is 716 g/mol. The SMILES string of the molecule is c1ccc(-c2cc(-c3ccc(-n4c5ccc(-c6ccc7c8ccccc8n(-c8ccccc8)c7c6)cc5c5cccnc54)cc3)nc(-c3ccccc3)n2)cc1. The minimum Gasteiger partial charge on any atom is -0.309 e. The molecule has 0 aliphatic rings. The van der Waals surface area contributed by atoms with Gasteiger partial charge in [0.2, 0.25) is 0 Å². The van der Waals surface area contributed by atoms with E-state index < -0.39 is 0 Å². The molecule has 0 radical (unpaired) electrons. The molecule has 11 aromatic rings. The molecule has 0 saturated carbocycles. The fourth-order valence-electron chi connectivity index (χ4n) is 8.14. The molecule has 56 heavy (non-hydrogen) atoms. The zero-order chi connectivity index (χ0) is 37.0. The van der Waals surface area contributed by atoms with Crippen LogP contribution >= 0.6 is 0 Å². The second-order valence-corrected chi connectivity index (χ2v) is 14.1. The molecule has 4 aromatic heterocycles. The number of rotatable bonds is 6. The van der Waals surface area contributed by atoms with Gasteiger partial charge >= 0.3 is 0 Å². The van der Waals surface area contributed by atoms with Crippen molar-refractivity contribution in [3.05, 3.63) is 200 Å². The van der Waals surface area contributed by atoms with Crippen molar-refractivity contribution in [2.45, 2.75) is 0 Å². The van der Waals surface area contributed by atoms with Gasteiger partial charge in [-0.15, -0.1) is 0 Å². The van der Waals surface area contributed by atoms with Gasteiger partial charge < -0.3 is 4.57 Å². The van der Waals surface area contributed by atoms with Gasteiger partial charge in [0.15, 0.2) is 5.82 Å². The minimum absolute atomic E-state index is 0.703. The first-order valence-electron chi connectivity index (χ1n) is 18.9. The third-order valence-corrected chi connectivity index (χ3v) is 10.8. The van der Waals surface area contributed by atoms with Gasteiger partial charge in [0.1, 0.15) is 5.65 Å². The van der Waals surface area contributed by atoms with E-state index >= 15 is 0 Å². The first-order valence-corrected chi connectivity index (χ1v) is 18.9. The predicted molar refractivity (Wildman–Crippen MR) is 230 cm³/mol. The van der Waals surface area contributed by atoms with Crippen molar-refractivity contribution >= 4 is 43.7 Å². The van der Waals surface area contributed by atoms with E-state index in [1.54, 1.807) is 0 Å². The van der Waals surface area contributed by atoms with Crippen LogP contribution in [0.1, 0.15) is 0 Å². The molecule has 0 aliphatic carbocycles. The van der Waals surface area contributed by atoms with E-state index in [0.717, 1.165) is 67.0 Å². The van der Waals surface area contributed by atoms with Gasteiger partial charge in [0.25, 0.3) is 0 Å². The standard InChI is InChI=1S/C51H33N5/c1-4-13-34(14-5-1)45-33-46(54-50(53-45)36-15-6-2-7-16-36)35-22-26-40(27-23-35)56-48-29-25-37(31-44(48)43-20-12-30-52-51(43)56)38-24-28-42-41-19-10-11-21-47(41)55(49(42)32-38)39-17-8-3-9-18-39/h1-33H. The molecule has 0 N–H and O–H groups in total. The van der Waals surface area contributed by atoms with Gasteiger partial charge in [-0.3, -0.25) is 4.57 Å². The maximum atomic E-state index is 5.05. The molecule has 0 amide bonds. The first-order chi connectivity index (χ1) is 27.8. The summed E-state index contributed by atoms with van der Waals surface area (Å²) in [5.74, 6) is 0.703. The maximum absolute atomic E-state index is 5.05. The number of nitrogens with zero attached hydrogens (tertiary/aromatic N) is 5. The Morgan fingerprint density at radius 3 is 1.64 bits per heavy atom. The number of benzene rings is 7. The lowest BCUT2D eigenvalue weighted by molar-refractivity contribution is 1.13. The molecule has 262 valence electrons.